The van der Waals surface area contributed by atoms with Gasteiger partial charge in [0.25, 0.3) is 11.1 Å². The normalized spacial score (nSPS) is 12.8. The summed E-state index contributed by atoms with van der Waals surface area (Å²) in [6.07, 6.45) is -1.48. The van der Waals surface area contributed by atoms with Crippen LogP contribution in [0.3, 0.4) is 0 Å². The zero-order chi connectivity index (χ0) is 27.0. The molecule has 13 heteroatoms. The van der Waals surface area contributed by atoms with Crippen LogP contribution in [0.25, 0.3) is 32.4 Å². The van der Waals surface area contributed by atoms with Crippen LogP contribution in [0, 0.1) is 5.82 Å². The van der Waals surface area contributed by atoms with Crippen LogP contribution in [-0.2, 0) is 12.7 Å². The number of alkyl halides is 3. The summed E-state index contributed by atoms with van der Waals surface area (Å²) in [5.74, 6) is -0.575. The predicted molar refractivity (Wildman–Crippen MR) is 137 cm³/mol. The first kappa shape index (κ1) is 25.5. The number of hydrogen-bond donors (Lipinski definition) is 2. The number of nitrogens with one attached hydrogen (secondary N) is 2. The number of aryl methyl sites for hydroxylation is 1. The molecule has 5 aromatic rings. The third-order valence-corrected chi connectivity index (χ3v) is 6.85. The number of anilines is 1. The lowest BCUT2D eigenvalue weighted by Gasteiger charge is -2.18. The Balaban J connectivity index is 1.30. The van der Waals surface area contributed by atoms with Crippen LogP contribution in [-0.4, -0.2) is 30.8 Å². The number of H-pyrrole nitrogens is 1. The van der Waals surface area contributed by atoms with Crippen molar-refractivity contribution >= 4 is 38.1 Å². The van der Waals surface area contributed by atoms with Crippen LogP contribution in [0.15, 0.2) is 57.8 Å². The highest BCUT2D eigenvalue weighted by Crippen LogP contribution is 2.32. The molecule has 196 valence electrons. The van der Waals surface area contributed by atoms with Gasteiger partial charge in [-0.1, -0.05) is 0 Å². The molecule has 8 nitrogen and oxygen atoms in total. The van der Waals surface area contributed by atoms with Crippen molar-refractivity contribution in [2.75, 3.05) is 5.32 Å². The lowest BCUT2D eigenvalue weighted by Crippen LogP contribution is -2.27. The second-order valence-corrected chi connectivity index (χ2v) is 9.61. The van der Waals surface area contributed by atoms with Crippen molar-refractivity contribution in [2.24, 2.45) is 0 Å². The molecule has 4 heterocycles. The van der Waals surface area contributed by atoms with E-state index in [-0.39, 0.29) is 23.1 Å². The van der Waals surface area contributed by atoms with Gasteiger partial charge in [-0.25, -0.2) is 19.5 Å². The molecule has 0 aliphatic heterocycles. The molecule has 1 aromatic carbocycles. The summed E-state index contributed by atoms with van der Waals surface area (Å²) in [5.41, 5.74) is -0.349. The molecule has 1 unspecified atom stereocenters. The maximum absolute atomic E-state index is 15.0. The van der Waals surface area contributed by atoms with E-state index < -0.39 is 34.8 Å². The molecule has 0 fully saturated rings. The Morgan fingerprint density at radius 2 is 2.00 bits per heavy atom. The van der Waals surface area contributed by atoms with E-state index in [1.54, 1.807) is 48.0 Å². The highest BCUT2D eigenvalue weighted by atomic mass is 32.1. The van der Waals surface area contributed by atoms with Gasteiger partial charge in [-0.15, -0.1) is 11.3 Å². The highest BCUT2D eigenvalue weighted by Gasteiger charge is 2.37. The van der Waals surface area contributed by atoms with Gasteiger partial charge in [0.1, 0.15) is 16.2 Å². The average molecular weight is 545 g/mol. The summed E-state index contributed by atoms with van der Waals surface area (Å²) in [5, 5.41) is 8.68. The van der Waals surface area contributed by atoms with Crippen molar-refractivity contribution in [3.63, 3.8) is 0 Å². The zero-order valence-corrected chi connectivity index (χ0v) is 20.7. The quantitative estimate of drug-likeness (QED) is 0.273. The number of hydrogen-bond acceptors (Lipinski definition) is 7. The third-order valence-electron chi connectivity index (χ3n) is 6.11. The first-order valence-electron chi connectivity index (χ1n) is 11.6. The Bertz CT molecular complexity index is 1760. The Hall–Kier alpha value is -4.13. The van der Waals surface area contributed by atoms with E-state index in [1.165, 1.54) is 22.0 Å². The number of fused-ring (bicyclic) bond motifs is 2. The molecule has 0 radical (unpaired) electrons. The standard InChI is InChI=1S/C25H20F4N6O2S/c1-13(32-20-11-31-34-22(36)21(20)25(27,28)29)3-2-7-35-8-6-14-9-16(17(26)10-15(14)24(35)37)18-4-5-19-23(33-18)38-12-30-19/h4-6,8-13H,2-3,7H2,1H3,(H2,32,34,36). The number of aromatic amines is 1. The van der Waals surface area contributed by atoms with E-state index >= 15 is 4.39 Å². The van der Waals surface area contributed by atoms with Crippen LogP contribution in [0.1, 0.15) is 25.3 Å². The molecule has 0 spiro atoms. The van der Waals surface area contributed by atoms with Crippen LogP contribution in [0.5, 0.6) is 0 Å². The van der Waals surface area contributed by atoms with Crippen molar-refractivity contribution in [3.05, 3.63) is 80.3 Å². The molecule has 0 aliphatic carbocycles. The van der Waals surface area contributed by atoms with Gasteiger partial charge in [0.2, 0.25) is 0 Å². The van der Waals surface area contributed by atoms with Crippen molar-refractivity contribution in [3.8, 4) is 11.3 Å². The molecule has 5 rings (SSSR count). The van der Waals surface area contributed by atoms with Gasteiger partial charge in [0.15, 0.2) is 0 Å². The molecular formula is C25H20F4N6O2S. The fraction of sp³-hybridized carbons (Fsp3) is 0.240. The predicted octanol–water partition coefficient (Wildman–Crippen LogP) is 5.20. The molecule has 2 N–H and O–H groups in total. The minimum atomic E-state index is -4.84. The number of nitrogens with zero attached hydrogens (tertiary/aromatic N) is 4. The number of aromatic nitrogens is 5. The third kappa shape index (κ3) is 5.01. The zero-order valence-electron chi connectivity index (χ0n) is 19.8. The van der Waals surface area contributed by atoms with E-state index in [1.807, 2.05) is 0 Å². The van der Waals surface area contributed by atoms with Crippen molar-refractivity contribution in [1.29, 1.82) is 0 Å². The summed E-state index contributed by atoms with van der Waals surface area (Å²) >= 11 is 1.35. The first-order chi connectivity index (χ1) is 18.1. The van der Waals surface area contributed by atoms with Crippen molar-refractivity contribution in [1.82, 2.24) is 24.7 Å². The fourth-order valence-corrected chi connectivity index (χ4v) is 4.93. The molecule has 38 heavy (non-hydrogen) atoms. The highest BCUT2D eigenvalue weighted by molar-refractivity contribution is 7.16. The molecule has 0 aliphatic rings. The molecular weight excluding hydrogens is 524 g/mol. The number of halogens is 4. The smallest absolute Gasteiger partial charge is 0.381 e. The summed E-state index contributed by atoms with van der Waals surface area (Å²) in [6.45, 7) is 1.94. The van der Waals surface area contributed by atoms with Crippen LogP contribution in [0.2, 0.25) is 0 Å². The first-order valence-corrected chi connectivity index (χ1v) is 12.4. The minimum Gasteiger partial charge on any atom is -0.381 e. The fourth-order valence-electron chi connectivity index (χ4n) is 4.27. The van der Waals surface area contributed by atoms with Gasteiger partial charge < -0.3 is 9.88 Å². The maximum Gasteiger partial charge on any atom is 0.423 e. The average Bonchev–Trinajstić information content (AvgIpc) is 3.33. The lowest BCUT2D eigenvalue weighted by molar-refractivity contribution is -0.138. The Morgan fingerprint density at radius 1 is 1.18 bits per heavy atom. The molecule has 0 saturated heterocycles. The van der Waals surface area contributed by atoms with Gasteiger partial charge in [0.05, 0.1) is 34.0 Å². The number of rotatable bonds is 7. The maximum atomic E-state index is 15.0. The van der Waals surface area contributed by atoms with Crippen molar-refractivity contribution < 1.29 is 17.6 Å². The SMILES string of the molecule is CC(CCCn1ccc2cc(-c3ccc4ncsc4n3)c(F)cc2c1=O)Nc1cn[nH]c(=O)c1C(F)(F)F. The second kappa shape index (κ2) is 9.97. The van der Waals surface area contributed by atoms with E-state index in [2.05, 4.69) is 20.4 Å². The largest absolute Gasteiger partial charge is 0.423 e. The Morgan fingerprint density at radius 3 is 2.79 bits per heavy atom. The lowest BCUT2D eigenvalue weighted by atomic mass is 10.0. The monoisotopic (exact) mass is 544 g/mol. The summed E-state index contributed by atoms with van der Waals surface area (Å²) in [4.78, 5) is 34.0. The summed E-state index contributed by atoms with van der Waals surface area (Å²) in [6, 6.07) is 7.50. The minimum absolute atomic E-state index is 0.211. The van der Waals surface area contributed by atoms with E-state index in [4.69, 9.17) is 0 Å². The van der Waals surface area contributed by atoms with Gasteiger partial charge in [-0.3, -0.25) is 9.59 Å². The van der Waals surface area contributed by atoms with Crippen LogP contribution in [0.4, 0.5) is 23.2 Å². The topological polar surface area (TPSA) is 106 Å². The van der Waals surface area contributed by atoms with Gasteiger partial charge in [0, 0.05) is 24.3 Å². The molecule has 0 amide bonds. The number of benzene rings is 1. The van der Waals surface area contributed by atoms with Gasteiger partial charge in [-0.2, -0.15) is 18.3 Å². The molecule has 4 aromatic heterocycles. The van der Waals surface area contributed by atoms with Crippen molar-refractivity contribution in [2.45, 2.75) is 38.5 Å². The van der Waals surface area contributed by atoms with Gasteiger partial charge >= 0.3 is 6.18 Å². The van der Waals surface area contributed by atoms with E-state index in [9.17, 15) is 22.8 Å². The Labute approximate surface area is 216 Å². The summed E-state index contributed by atoms with van der Waals surface area (Å²) in [7, 11) is 0. The second-order valence-electron chi connectivity index (χ2n) is 8.78. The molecule has 1 atom stereocenters. The van der Waals surface area contributed by atoms with Gasteiger partial charge in [-0.05, 0) is 55.5 Å². The van der Waals surface area contributed by atoms with Crippen LogP contribution < -0.4 is 16.4 Å². The van der Waals surface area contributed by atoms with E-state index in [0.717, 1.165) is 11.7 Å². The number of pyridine rings is 2. The summed E-state index contributed by atoms with van der Waals surface area (Å²) < 4.78 is 56.2. The van der Waals surface area contributed by atoms with Crippen LogP contribution >= 0.6 is 11.3 Å². The molecule has 0 bridgehead atoms. The van der Waals surface area contributed by atoms with E-state index in [0.29, 0.717) is 28.8 Å². The molecule has 0 saturated carbocycles. The Kier molecular flexibility index (Phi) is 6.69. The number of thiazole rings is 1.